The number of amides is 1. The number of carbonyl (C=O) groups excluding carboxylic acids is 1. The molecule has 0 unspecified atom stereocenters. The summed E-state index contributed by atoms with van der Waals surface area (Å²) < 4.78 is 5.51. The third-order valence-electron chi connectivity index (χ3n) is 6.61. The number of hydrogen-bond donors (Lipinski definition) is 1. The quantitative estimate of drug-likeness (QED) is 0.725. The molecule has 0 spiro atoms. The van der Waals surface area contributed by atoms with Crippen molar-refractivity contribution in [1.82, 2.24) is 19.9 Å². The second-order valence-corrected chi connectivity index (χ2v) is 8.96. The van der Waals surface area contributed by atoms with Gasteiger partial charge in [0.05, 0.1) is 13.2 Å². The van der Waals surface area contributed by atoms with Crippen LogP contribution in [0.25, 0.3) is 11.5 Å². The van der Waals surface area contributed by atoms with Crippen LogP contribution in [0.15, 0.2) is 18.3 Å². The molecule has 0 radical (unpaired) electrons. The van der Waals surface area contributed by atoms with E-state index >= 15 is 0 Å². The highest BCUT2D eigenvalue weighted by Crippen LogP contribution is 2.39. The van der Waals surface area contributed by atoms with Crippen LogP contribution in [0, 0.1) is 11.8 Å². The molecule has 2 bridgehead atoms. The second kappa shape index (κ2) is 8.42. The Morgan fingerprint density at radius 1 is 1.26 bits per heavy atom. The van der Waals surface area contributed by atoms with E-state index in [2.05, 4.69) is 4.98 Å². The summed E-state index contributed by atoms with van der Waals surface area (Å²) in [5.41, 5.74) is 2.82. The zero-order valence-electron chi connectivity index (χ0n) is 18.0. The summed E-state index contributed by atoms with van der Waals surface area (Å²) >= 11 is 0. The number of likely N-dealkylation sites (N-methyl/N-ethyl adjacent to an activating group) is 1. The Labute approximate surface area is 182 Å². The maximum absolute atomic E-state index is 12.9. The topological polar surface area (TPSA) is 91.7 Å². The van der Waals surface area contributed by atoms with Crippen LogP contribution in [0.4, 0.5) is 5.82 Å². The predicted octanol–water partition coefficient (Wildman–Crippen LogP) is 1.70. The van der Waals surface area contributed by atoms with Crippen LogP contribution in [0.2, 0.25) is 0 Å². The smallest absolute Gasteiger partial charge is 0.242 e. The number of hydrogen-bond acceptors (Lipinski definition) is 7. The number of nitrogens with zero attached hydrogens (tertiary/aromatic N) is 5. The van der Waals surface area contributed by atoms with Gasteiger partial charge in [-0.2, -0.15) is 0 Å². The number of aromatic nitrogens is 3. The van der Waals surface area contributed by atoms with Crippen molar-refractivity contribution in [2.75, 3.05) is 44.8 Å². The van der Waals surface area contributed by atoms with Crippen molar-refractivity contribution in [1.29, 1.82) is 0 Å². The summed E-state index contributed by atoms with van der Waals surface area (Å²) in [4.78, 5) is 31.0. The van der Waals surface area contributed by atoms with Gasteiger partial charge in [-0.1, -0.05) is 0 Å². The maximum atomic E-state index is 12.9. The number of rotatable bonds is 7. The lowest BCUT2D eigenvalue weighted by Crippen LogP contribution is -2.53. The van der Waals surface area contributed by atoms with Gasteiger partial charge >= 0.3 is 0 Å². The summed E-state index contributed by atoms with van der Waals surface area (Å²) in [6.07, 6.45) is 7.13. The number of ether oxygens (including phenoxy) is 1. The Balaban J connectivity index is 1.38. The lowest BCUT2D eigenvalue weighted by Gasteiger charge is -2.47. The van der Waals surface area contributed by atoms with Gasteiger partial charge in [0, 0.05) is 43.7 Å². The molecule has 8 nitrogen and oxygen atoms in total. The molecule has 1 N–H and O–H groups in total. The van der Waals surface area contributed by atoms with Crippen molar-refractivity contribution in [2.45, 2.75) is 32.1 Å². The fourth-order valence-corrected chi connectivity index (χ4v) is 5.08. The van der Waals surface area contributed by atoms with Gasteiger partial charge in [-0.05, 0) is 50.0 Å². The molecule has 4 heterocycles. The number of aliphatic hydroxyl groups excluding tert-OH is 1. The van der Waals surface area contributed by atoms with Crippen molar-refractivity contribution in [3.8, 4) is 17.3 Å². The van der Waals surface area contributed by atoms with Crippen molar-refractivity contribution in [3.63, 3.8) is 0 Å². The van der Waals surface area contributed by atoms with Gasteiger partial charge in [0.15, 0.2) is 5.82 Å². The first-order chi connectivity index (χ1) is 15.1. The Morgan fingerprint density at radius 2 is 2.06 bits per heavy atom. The zero-order valence-corrected chi connectivity index (χ0v) is 18.0. The number of aliphatic hydroxyl groups is 1. The highest BCUT2D eigenvalue weighted by molar-refractivity contribution is 5.81. The van der Waals surface area contributed by atoms with Gasteiger partial charge in [0.1, 0.15) is 23.9 Å². The summed E-state index contributed by atoms with van der Waals surface area (Å²) in [7, 11) is 1.95. The first-order valence-corrected chi connectivity index (χ1v) is 11.2. The van der Waals surface area contributed by atoms with Crippen molar-refractivity contribution in [3.05, 3.63) is 29.6 Å². The molecule has 3 fully saturated rings. The number of carbonyl (C=O) groups is 1. The summed E-state index contributed by atoms with van der Waals surface area (Å²) in [5.74, 6) is 3.59. The molecule has 2 aromatic heterocycles. The number of aryl methyl sites for hydroxylation is 1. The highest BCUT2D eigenvalue weighted by Gasteiger charge is 2.39. The summed E-state index contributed by atoms with van der Waals surface area (Å²) in [5, 5.41) is 9.00. The fraction of sp³-hybridized carbons (Fsp3) is 0.565. The molecule has 31 heavy (non-hydrogen) atoms. The van der Waals surface area contributed by atoms with Crippen LogP contribution >= 0.6 is 0 Å². The van der Waals surface area contributed by atoms with Crippen molar-refractivity contribution >= 4 is 11.7 Å². The van der Waals surface area contributed by atoms with E-state index < -0.39 is 0 Å². The summed E-state index contributed by atoms with van der Waals surface area (Å²) in [6.45, 7) is 2.31. The van der Waals surface area contributed by atoms with Crippen molar-refractivity contribution in [2.24, 2.45) is 11.8 Å². The van der Waals surface area contributed by atoms with Crippen LogP contribution in [0.5, 0.6) is 5.75 Å². The van der Waals surface area contributed by atoms with Gasteiger partial charge in [0.25, 0.3) is 0 Å². The van der Waals surface area contributed by atoms with E-state index in [1.807, 2.05) is 16.8 Å². The Kier molecular flexibility index (Phi) is 5.48. The third kappa shape index (κ3) is 4.08. The monoisotopic (exact) mass is 423 g/mol. The van der Waals surface area contributed by atoms with E-state index in [-0.39, 0.29) is 19.1 Å². The SMILES string of the molecule is CN(CC(=O)N1CC2CC(C2)C1)c1nc(-c2cc(OCCO)ccn2)nc2c1CCC2. The maximum Gasteiger partial charge on any atom is 0.242 e. The molecule has 1 saturated carbocycles. The van der Waals surface area contributed by atoms with Gasteiger partial charge in [0.2, 0.25) is 5.91 Å². The van der Waals surface area contributed by atoms with E-state index in [4.69, 9.17) is 19.8 Å². The third-order valence-corrected chi connectivity index (χ3v) is 6.61. The van der Waals surface area contributed by atoms with E-state index in [1.54, 1.807) is 18.3 Å². The Hall–Kier alpha value is -2.74. The molecule has 6 rings (SSSR count). The second-order valence-electron chi connectivity index (χ2n) is 8.96. The van der Waals surface area contributed by atoms with Crippen LogP contribution < -0.4 is 9.64 Å². The molecular weight excluding hydrogens is 394 g/mol. The van der Waals surface area contributed by atoms with E-state index in [0.29, 0.717) is 35.6 Å². The molecule has 2 saturated heterocycles. The summed E-state index contributed by atoms with van der Waals surface area (Å²) in [6, 6.07) is 3.54. The van der Waals surface area contributed by atoms with Gasteiger partial charge < -0.3 is 19.6 Å². The highest BCUT2D eigenvalue weighted by atomic mass is 16.5. The minimum absolute atomic E-state index is 0.0471. The average molecular weight is 424 g/mol. The first-order valence-electron chi connectivity index (χ1n) is 11.2. The molecule has 4 aliphatic rings. The largest absolute Gasteiger partial charge is 0.491 e. The Bertz CT molecular complexity index is 966. The first kappa shape index (κ1) is 20.2. The molecule has 0 atom stereocenters. The molecular formula is C23H29N5O3. The van der Waals surface area contributed by atoms with Crippen molar-refractivity contribution < 1.29 is 14.6 Å². The van der Waals surface area contributed by atoms with Gasteiger partial charge in [-0.15, -0.1) is 0 Å². The molecule has 8 heteroatoms. The standard InChI is InChI=1S/C23H29N5O3/c1-27(14-21(30)28-12-15-9-16(10-15)13-28)23-18-3-2-4-19(18)25-22(26-23)20-11-17(5-6-24-20)31-8-7-29/h5-6,11,15-16,29H,2-4,7-10,12-14H2,1H3. The normalized spacial score (nSPS) is 21.4. The number of fused-ring (bicyclic) bond motifs is 3. The fourth-order valence-electron chi connectivity index (χ4n) is 5.08. The molecule has 1 amide bonds. The molecule has 0 aromatic carbocycles. The van der Waals surface area contributed by atoms with E-state index in [1.165, 1.54) is 12.8 Å². The molecule has 164 valence electrons. The number of pyridine rings is 1. The lowest BCUT2D eigenvalue weighted by atomic mass is 9.71. The average Bonchev–Trinajstić information content (AvgIpc) is 3.25. The van der Waals surface area contributed by atoms with Crippen LogP contribution in [0.3, 0.4) is 0 Å². The van der Waals surface area contributed by atoms with E-state index in [0.717, 1.165) is 49.4 Å². The van der Waals surface area contributed by atoms with Crippen LogP contribution in [0.1, 0.15) is 30.5 Å². The van der Waals surface area contributed by atoms with Gasteiger partial charge in [-0.25, -0.2) is 9.97 Å². The zero-order chi connectivity index (χ0) is 21.4. The number of anilines is 1. The van der Waals surface area contributed by atoms with Crippen LogP contribution in [-0.2, 0) is 17.6 Å². The molecule has 2 aliphatic carbocycles. The Morgan fingerprint density at radius 3 is 2.84 bits per heavy atom. The predicted molar refractivity (Wildman–Crippen MR) is 116 cm³/mol. The van der Waals surface area contributed by atoms with E-state index in [9.17, 15) is 4.79 Å². The number of piperidine rings is 2. The molecule has 2 aliphatic heterocycles. The molecule has 2 aromatic rings. The van der Waals surface area contributed by atoms with Crippen LogP contribution in [-0.4, -0.2) is 70.8 Å². The minimum Gasteiger partial charge on any atom is -0.491 e. The van der Waals surface area contributed by atoms with Gasteiger partial charge in [-0.3, -0.25) is 9.78 Å². The lowest BCUT2D eigenvalue weighted by molar-refractivity contribution is -0.136. The minimum atomic E-state index is -0.0471.